The van der Waals surface area contributed by atoms with Crippen molar-refractivity contribution in [3.05, 3.63) is 0 Å². The minimum atomic E-state index is -2.04. The van der Waals surface area contributed by atoms with Gasteiger partial charge in [0, 0.05) is 0 Å². The summed E-state index contributed by atoms with van der Waals surface area (Å²) >= 11 is 0. The molecule has 0 heterocycles. The van der Waals surface area contributed by atoms with Crippen LogP contribution in [0.2, 0.25) is 0 Å². The fourth-order valence-electron chi connectivity index (χ4n) is 1.57. The second-order valence-corrected chi connectivity index (χ2v) is 4.49. The van der Waals surface area contributed by atoms with Crippen LogP contribution in [-0.4, -0.2) is 40.4 Å². The average molecular weight is 217 g/mol. The Bertz CT molecular complexity index is 214. The molecular weight excluding hydrogens is 194 g/mol. The molecule has 0 radical (unpaired) electrons. The van der Waals surface area contributed by atoms with Crippen LogP contribution in [0.15, 0.2) is 0 Å². The molecule has 0 aromatic rings. The Morgan fingerprint density at radius 2 is 1.87 bits per heavy atom. The zero-order chi connectivity index (χ0) is 12.2. The lowest BCUT2D eigenvalue weighted by Gasteiger charge is -2.37. The van der Waals surface area contributed by atoms with Crippen molar-refractivity contribution in [3.8, 4) is 0 Å². The van der Waals surface area contributed by atoms with E-state index in [-0.39, 0.29) is 11.7 Å². The summed E-state index contributed by atoms with van der Waals surface area (Å²) in [6.45, 7) is 7.61. The van der Waals surface area contributed by atoms with Gasteiger partial charge in [0.2, 0.25) is 5.91 Å². The quantitative estimate of drug-likeness (QED) is 0.647. The predicted molar refractivity (Wildman–Crippen MR) is 59.1 cm³/mol. The highest BCUT2D eigenvalue weighted by Crippen LogP contribution is 2.25. The van der Waals surface area contributed by atoms with Crippen molar-refractivity contribution < 1.29 is 15.0 Å². The van der Waals surface area contributed by atoms with Gasteiger partial charge in [-0.05, 0) is 32.9 Å². The third kappa shape index (κ3) is 3.89. The van der Waals surface area contributed by atoms with Gasteiger partial charge < -0.3 is 10.2 Å². The third-order valence-corrected chi connectivity index (χ3v) is 2.70. The van der Waals surface area contributed by atoms with Gasteiger partial charge in [-0.3, -0.25) is 9.69 Å². The van der Waals surface area contributed by atoms with E-state index in [0.717, 1.165) is 0 Å². The summed E-state index contributed by atoms with van der Waals surface area (Å²) in [6.07, 6.45) is 0.479. The molecule has 0 saturated heterocycles. The minimum Gasteiger partial charge on any atom is -0.353 e. The number of Topliss-reactive ketones (excluding diaryl/α,β-unsaturated/α-hetero) is 1. The Balaban J connectivity index is 4.81. The molecular formula is C11H23NO3. The maximum atomic E-state index is 11.4. The molecule has 0 aromatic heterocycles. The molecule has 4 nitrogen and oxygen atoms in total. The average Bonchev–Trinajstić information content (AvgIpc) is 2.11. The summed E-state index contributed by atoms with van der Waals surface area (Å²) < 4.78 is 0. The van der Waals surface area contributed by atoms with Crippen molar-refractivity contribution in [1.29, 1.82) is 0 Å². The van der Waals surface area contributed by atoms with Gasteiger partial charge in [0.1, 0.15) is 5.78 Å². The van der Waals surface area contributed by atoms with Gasteiger partial charge in [0.25, 0.3) is 0 Å². The topological polar surface area (TPSA) is 60.8 Å². The molecule has 15 heavy (non-hydrogen) atoms. The summed E-state index contributed by atoms with van der Waals surface area (Å²) in [4.78, 5) is 12.8. The number of rotatable bonds is 6. The highest BCUT2D eigenvalue weighted by Gasteiger charge is 2.41. The highest BCUT2D eigenvalue weighted by molar-refractivity contribution is 5.79. The fourth-order valence-corrected chi connectivity index (χ4v) is 1.57. The summed E-state index contributed by atoms with van der Waals surface area (Å²) in [5.74, 6) is -2.72. The molecule has 90 valence electrons. The summed E-state index contributed by atoms with van der Waals surface area (Å²) in [6, 6.07) is 0. The van der Waals surface area contributed by atoms with Crippen LogP contribution < -0.4 is 0 Å². The standard InChI is InChI=1S/C11H23NO3/c1-6-12(5)11(14,15)10(9(4)13)7-8(2)3/h8,10,14-15H,6-7H2,1-5H3. The van der Waals surface area contributed by atoms with Gasteiger partial charge in [-0.2, -0.15) is 0 Å². The SMILES string of the molecule is CCN(C)C(O)(O)C(CC(C)C)C(C)=O. The normalized spacial score (nSPS) is 14.7. The molecule has 0 bridgehead atoms. The second-order valence-electron chi connectivity index (χ2n) is 4.49. The Hall–Kier alpha value is -0.450. The van der Waals surface area contributed by atoms with E-state index in [9.17, 15) is 15.0 Å². The number of nitrogens with zero attached hydrogens (tertiary/aromatic N) is 1. The molecule has 0 fully saturated rings. The van der Waals surface area contributed by atoms with Crippen LogP contribution in [-0.2, 0) is 4.79 Å². The number of aliphatic hydroxyl groups is 2. The maximum Gasteiger partial charge on any atom is 0.234 e. The van der Waals surface area contributed by atoms with Crippen LogP contribution in [0.25, 0.3) is 0 Å². The summed E-state index contributed by atoms with van der Waals surface area (Å²) in [5, 5.41) is 19.8. The number of carbonyl (C=O) groups is 1. The van der Waals surface area contributed by atoms with Crippen LogP contribution in [0.1, 0.15) is 34.1 Å². The van der Waals surface area contributed by atoms with Crippen LogP contribution in [0.5, 0.6) is 0 Å². The number of ketones is 1. The van der Waals surface area contributed by atoms with Crippen molar-refractivity contribution in [1.82, 2.24) is 4.90 Å². The summed E-state index contributed by atoms with van der Waals surface area (Å²) in [7, 11) is 1.59. The smallest absolute Gasteiger partial charge is 0.234 e. The van der Waals surface area contributed by atoms with Crippen LogP contribution in [0.3, 0.4) is 0 Å². The Morgan fingerprint density at radius 1 is 1.40 bits per heavy atom. The van der Waals surface area contributed by atoms with Gasteiger partial charge >= 0.3 is 0 Å². The minimum absolute atomic E-state index is 0.186. The lowest BCUT2D eigenvalue weighted by Crippen LogP contribution is -2.54. The first-order chi connectivity index (χ1) is 6.73. The van der Waals surface area contributed by atoms with Crippen molar-refractivity contribution in [2.75, 3.05) is 13.6 Å². The molecule has 2 N–H and O–H groups in total. The van der Waals surface area contributed by atoms with E-state index in [1.807, 2.05) is 20.8 Å². The molecule has 0 spiro atoms. The van der Waals surface area contributed by atoms with Crippen LogP contribution in [0.4, 0.5) is 0 Å². The second kappa shape index (κ2) is 5.58. The zero-order valence-electron chi connectivity index (χ0n) is 10.3. The molecule has 0 aromatic carbocycles. The van der Waals surface area contributed by atoms with Gasteiger partial charge in [0.05, 0.1) is 5.92 Å². The van der Waals surface area contributed by atoms with Crippen molar-refractivity contribution in [2.45, 2.75) is 40.0 Å². The molecule has 0 rings (SSSR count). The third-order valence-electron chi connectivity index (χ3n) is 2.70. The molecule has 0 amide bonds. The molecule has 0 aliphatic rings. The van der Waals surface area contributed by atoms with Crippen molar-refractivity contribution in [2.24, 2.45) is 11.8 Å². The number of carbonyl (C=O) groups excluding carboxylic acids is 1. The lowest BCUT2D eigenvalue weighted by atomic mass is 9.90. The molecule has 0 aliphatic heterocycles. The van der Waals surface area contributed by atoms with E-state index in [1.54, 1.807) is 7.05 Å². The maximum absolute atomic E-state index is 11.4. The highest BCUT2D eigenvalue weighted by atomic mass is 16.5. The van der Waals surface area contributed by atoms with Crippen molar-refractivity contribution in [3.63, 3.8) is 0 Å². The lowest BCUT2D eigenvalue weighted by molar-refractivity contribution is -0.283. The monoisotopic (exact) mass is 217 g/mol. The van der Waals surface area contributed by atoms with E-state index in [1.165, 1.54) is 11.8 Å². The van der Waals surface area contributed by atoms with E-state index in [4.69, 9.17) is 0 Å². The number of hydrogen-bond donors (Lipinski definition) is 2. The first-order valence-electron chi connectivity index (χ1n) is 5.39. The summed E-state index contributed by atoms with van der Waals surface area (Å²) in [5.41, 5.74) is 0. The van der Waals surface area contributed by atoms with Crippen LogP contribution in [0, 0.1) is 11.8 Å². The number of hydrogen-bond acceptors (Lipinski definition) is 4. The van der Waals surface area contributed by atoms with Gasteiger partial charge in [-0.1, -0.05) is 20.8 Å². The van der Waals surface area contributed by atoms with E-state index < -0.39 is 11.8 Å². The Labute approximate surface area is 91.9 Å². The first kappa shape index (κ1) is 14.6. The molecule has 0 aliphatic carbocycles. The van der Waals surface area contributed by atoms with Crippen molar-refractivity contribution >= 4 is 5.78 Å². The Morgan fingerprint density at radius 3 is 2.13 bits per heavy atom. The van der Waals surface area contributed by atoms with Crippen LogP contribution >= 0.6 is 0 Å². The predicted octanol–water partition coefficient (Wildman–Crippen LogP) is 0.828. The van der Waals surface area contributed by atoms with E-state index in [0.29, 0.717) is 13.0 Å². The molecule has 1 unspecified atom stereocenters. The van der Waals surface area contributed by atoms with E-state index >= 15 is 0 Å². The Kier molecular flexibility index (Phi) is 5.42. The first-order valence-corrected chi connectivity index (χ1v) is 5.39. The van der Waals surface area contributed by atoms with E-state index in [2.05, 4.69) is 0 Å². The van der Waals surface area contributed by atoms with Gasteiger partial charge in [-0.15, -0.1) is 0 Å². The van der Waals surface area contributed by atoms with Gasteiger partial charge in [0.15, 0.2) is 0 Å². The molecule has 4 heteroatoms. The molecule has 0 saturated carbocycles. The molecule has 1 atom stereocenters. The fraction of sp³-hybridized carbons (Fsp3) is 0.909. The van der Waals surface area contributed by atoms with Gasteiger partial charge in [-0.25, -0.2) is 0 Å². The largest absolute Gasteiger partial charge is 0.353 e. The zero-order valence-corrected chi connectivity index (χ0v) is 10.3.